The molecule has 0 bridgehead atoms. The molecule has 1 fully saturated rings. The molecule has 0 spiro atoms. The van der Waals surface area contributed by atoms with Crippen LogP contribution in [0.1, 0.15) is 38.9 Å². The van der Waals surface area contributed by atoms with Crippen LogP contribution in [-0.4, -0.2) is 17.1 Å². The third kappa shape index (κ3) is 2.94. The number of hydrogen-bond donors (Lipinski definition) is 0. The first kappa shape index (κ1) is 13.2. The fraction of sp³-hybridized carbons (Fsp3) is 0.538. The molecule has 1 aromatic rings. The van der Waals surface area contributed by atoms with Crippen molar-refractivity contribution < 1.29 is 4.84 Å². The van der Waals surface area contributed by atoms with Crippen LogP contribution in [0.15, 0.2) is 18.2 Å². The van der Waals surface area contributed by atoms with Crippen LogP contribution >= 0.6 is 23.2 Å². The van der Waals surface area contributed by atoms with Crippen molar-refractivity contribution in [3.63, 3.8) is 0 Å². The average molecular weight is 274 g/mol. The van der Waals surface area contributed by atoms with Crippen molar-refractivity contribution >= 4 is 23.2 Å². The molecule has 0 amide bonds. The van der Waals surface area contributed by atoms with Crippen LogP contribution in [0, 0.1) is 0 Å². The Morgan fingerprint density at radius 2 is 1.94 bits per heavy atom. The Kier molecular flexibility index (Phi) is 3.69. The van der Waals surface area contributed by atoms with Gasteiger partial charge in [-0.2, -0.15) is 5.06 Å². The van der Waals surface area contributed by atoms with E-state index in [0.29, 0.717) is 10.0 Å². The second-order valence-corrected chi connectivity index (χ2v) is 6.14. The Morgan fingerprint density at radius 1 is 1.24 bits per heavy atom. The lowest BCUT2D eigenvalue weighted by Crippen LogP contribution is -2.38. The lowest BCUT2D eigenvalue weighted by atomic mass is 10.1. The lowest BCUT2D eigenvalue weighted by Gasteiger charge is -2.30. The minimum absolute atomic E-state index is 0.0327. The average Bonchev–Trinajstić information content (AvgIpc) is 2.70. The van der Waals surface area contributed by atoms with Gasteiger partial charge in [0.05, 0.1) is 10.0 Å². The maximum absolute atomic E-state index is 6.02. The zero-order chi connectivity index (χ0) is 12.6. The molecule has 1 aliphatic heterocycles. The van der Waals surface area contributed by atoms with E-state index in [0.717, 1.165) is 18.5 Å². The lowest BCUT2D eigenvalue weighted by molar-refractivity contribution is -0.196. The molecule has 1 aliphatic rings. The largest absolute Gasteiger partial charge is 0.290 e. The molecule has 1 heterocycles. The van der Waals surface area contributed by atoms with E-state index in [2.05, 4.69) is 20.8 Å². The zero-order valence-corrected chi connectivity index (χ0v) is 11.8. The third-order valence-corrected chi connectivity index (χ3v) is 3.65. The first-order valence-electron chi connectivity index (χ1n) is 5.77. The Morgan fingerprint density at radius 3 is 2.47 bits per heavy atom. The van der Waals surface area contributed by atoms with E-state index in [1.165, 1.54) is 0 Å². The first-order chi connectivity index (χ1) is 7.88. The summed E-state index contributed by atoms with van der Waals surface area (Å²) in [6, 6.07) is 5.69. The summed E-state index contributed by atoms with van der Waals surface area (Å²) in [6.07, 6.45) is 1.07. The summed E-state index contributed by atoms with van der Waals surface area (Å²) in [5.74, 6) is 0. The van der Waals surface area contributed by atoms with Crippen molar-refractivity contribution in [1.82, 2.24) is 5.06 Å². The number of benzene rings is 1. The zero-order valence-electron chi connectivity index (χ0n) is 10.3. The number of hydroxylamine groups is 2. The quantitative estimate of drug-likeness (QED) is 0.749. The van der Waals surface area contributed by atoms with Gasteiger partial charge in [-0.25, -0.2) is 0 Å². The van der Waals surface area contributed by atoms with Crippen LogP contribution < -0.4 is 0 Å². The van der Waals surface area contributed by atoms with Crippen LogP contribution in [0.25, 0.3) is 0 Å². The van der Waals surface area contributed by atoms with Crippen LogP contribution in [0.5, 0.6) is 0 Å². The summed E-state index contributed by atoms with van der Waals surface area (Å²) in [4.78, 5) is 5.94. The van der Waals surface area contributed by atoms with Gasteiger partial charge in [-0.3, -0.25) is 4.84 Å². The van der Waals surface area contributed by atoms with Gasteiger partial charge in [0.25, 0.3) is 0 Å². The SMILES string of the molecule is CC(C)(C)N1CCC(c2ccc(Cl)c(Cl)c2)O1. The summed E-state index contributed by atoms with van der Waals surface area (Å²) in [7, 11) is 0. The van der Waals surface area contributed by atoms with Gasteiger partial charge in [-0.05, 0) is 44.9 Å². The van der Waals surface area contributed by atoms with Crippen LogP contribution in [-0.2, 0) is 4.84 Å². The van der Waals surface area contributed by atoms with Gasteiger partial charge in [0.2, 0.25) is 0 Å². The Hall–Kier alpha value is -0.280. The van der Waals surface area contributed by atoms with Crippen molar-refractivity contribution in [2.24, 2.45) is 0 Å². The van der Waals surface area contributed by atoms with E-state index in [9.17, 15) is 0 Å². The van der Waals surface area contributed by atoms with Crippen molar-refractivity contribution in [2.75, 3.05) is 6.54 Å². The van der Waals surface area contributed by atoms with Gasteiger partial charge in [-0.15, -0.1) is 0 Å². The van der Waals surface area contributed by atoms with E-state index in [-0.39, 0.29) is 11.6 Å². The van der Waals surface area contributed by atoms with Gasteiger partial charge >= 0.3 is 0 Å². The molecule has 1 saturated heterocycles. The Balaban J connectivity index is 2.13. The molecule has 0 aliphatic carbocycles. The van der Waals surface area contributed by atoms with Crippen LogP contribution in [0.2, 0.25) is 10.0 Å². The van der Waals surface area contributed by atoms with Gasteiger partial charge in [0.1, 0.15) is 6.10 Å². The van der Waals surface area contributed by atoms with E-state index < -0.39 is 0 Å². The standard InChI is InChI=1S/C13H17Cl2NO/c1-13(2,3)16-7-6-12(17-16)9-4-5-10(14)11(15)8-9/h4-5,8,12H,6-7H2,1-3H3. The number of halogens is 2. The molecule has 1 aromatic carbocycles. The molecular formula is C13H17Cl2NO. The van der Waals surface area contributed by atoms with Gasteiger partial charge in [0.15, 0.2) is 0 Å². The third-order valence-electron chi connectivity index (χ3n) is 2.91. The number of hydrogen-bond acceptors (Lipinski definition) is 2. The predicted octanol–water partition coefficient (Wildman–Crippen LogP) is 4.47. The molecular weight excluding hydrogens is 257 g/mol. The highest BCUT2D eigenvalue weighted by Crippen LogP contribution is 2.35. The smallest absolute Gasteiger partial charge is 0.106 e. The molecule has 0 N–H and O–H groups in total. The topological polar surface area (TPSA) is 12.5 Å². The highest BCUT2D eigenvalue weighted by atomic mass is 35.5. The Labute approximate surface area is 112 Å². The maximum atomic E-state index is 6.02. The fourth-order valence-corrected chi connectivity index (χ4v) is 2.23. The molecule has 2 nitrogen and oxygen atoms in total. The van der Waals surface area contributed by atoms with E-state index in [4.69, 9.17) is 28.0 Å². The molecule has 1 atom stereocenters. The summed E-state index contributed by atoms with van der Waals surface area (Å²) >= 11 is 11.9. The molecule has 0 saturated carbocycles. The highest BCUT2D eigenvalue weighted by Gasteiger charge is 2.32. The minimum Gasteiger partial charge on any atom is -0.290 e. The monoisotopic (exact) mass is 273 g/mol. The number of nitrogens with zero attached hydrogens (tertiary/aromatic N) is 1. The summed E-state index contributed by atoms with van der Waals surface area (Å²) in [6.45, 7) is 7.37. The van der Waals surface area contributed by atoms with Crippen LogP contribution in [0.3, 0.4) is 0 Å². The maximum Gasteiger partial charge on any atom is 0.106 e. The van der Waals surface area contributed by atoms with E-state index >= 15 is 0 Å². The molecule has 1 unspecified atom stereocenters. The normalized spacial score (nSPS) is 22.1. The molecule has 17 heavy (non-hydrogen) atoms. The van der Waals surface area contributed by atoms with Gasteiger partial charge < -0.3 is 0 Å². The fourth-order valence-electron chi connectivity index (χ4n) is 1.93. The van der Waals surface area contributed by atoms with Gasteiger partial charge in [-0.1, -0.05) is 29.3 Å². The minimum atomic E-state index is 0.0327. The first-order valence-corrected chi connectivity index (χ1v) is 6.53. The summed E-state index contributed by atoms with van der Waals surface area (Å²) in [5, 5.41) is 3.20. The second-order valence-electron chi connectivity index (χ2n) is 5.33. The van der Waals surface area contributed by atoms with E-state index in [1.807, 2.05) is 23.3 Å². The Bertz CT molecular complexity index is 414. The van der Waals surface area contributed by atoms with Crippen molar-refractivity contribution in [3.8, 4) is 0 Å². The molecule has 0 aromatic heterocycles. The second kappa shape index (κ2) is 4.77. The van der Waals surface area contributed by atoms with Crippen molar-refractivity contribution in [3.05, 3.63) is 33.8 Å². The van der Waals surface area contributed by atoms with Gasteiger partial charge in [0, 0.05) is 12.1 Å². The van der Waals surface area contributed by atoms with Crippen molar-refractivity contribution in [1.29, 1.82) is 0 Å². The highest BCUT2D eigenvalue weighted by molar-refractivity contribution is 6.42. The molecule has 2 rings (SSSR count). The summed E-state index contributed by atoms with van der Waals surface area (Å²) in [5.41, 5.74) is 1.12. The van der Waals surface area contributed by atoms with Crippen molar-refractivity contribution in [2.45, 2.75) is 38.8 Å². The number of rotatable bonds is 1. The van der Waals surface area contributed by atoms with Crippen LogP contribution in [0.4, 0.5) is 0 Å². The predicted molar refractivity (Wildman–Crippen MR) is 71.4 cm³/mol. The molecule has 4 heteroatoms. The van der Waals surface area contributed by atoms with E-state index in [1.54, 1.807) is 0 Å². The molecule has 0 radical (unpaired) electrons. The molecule has 94 valence electrons. The summed E-state index contributed by atoms with van der Waals surface area (Å²) < 4.78 is 0.